The molecule has 1 fully saturated rings. The molecule has 2 aliphatic heterocycles. The number of aromatic nitrogens is 1. The number of para-hydroxylation sites is 1. The average Bonchev–Trinajstić information content (AvgIpc) is 2.70. The lowest BCUT2D eigenvalue weighted by atomic mass is 10.0. The monoisotopic (exact) mass is 366 g/mol. The smallest absolute Gasteiger partial charge is 0.315 e. The lowest BCUT2D eigenvalue weighted by Crippen LogP contribution is -2.52. The molecule has 2 aromatic rings. The summed E-state index contributed by atoms with van der Waals surface area (Å²) in [6, 6.07) is 12.3. The number of hydrogen-bond acceptors (Lipinski definition) is 4. The van der Waals surface area contributed by atoms with E-state index in [9.17, 15) is 4.79 Å². The Morgan fingerprint density at radius 3 is 2.63 bits per heavy atom. The third kappa shape index (κ3) is 4.77. The molecule has 1 unspecified atom stereocenters. The maximum Gasteiger partial charge on any atom is 0.315 e. The zero-order valence-corrected chi connectivity index (χ0v) is 15.4. The minimum atomic E-state index is -0.0874. The molecule has 2 N–H and O–H groups in total. The van der Waals surface area contributed by atoms with Crippen molar-refractivity contribution in [3.63, 3.8) is 0 Å². The highest BCUT2D eigenvalue weighted by Crippen LogP contribution is 2.23. The number of piperidine rings is 1. The topological polar surface area (TPSA) is 66.5 Å². The SMILES string of the molecule is O=C(NC1CCN(Cc2ccncc2)CC1)NC1COc2ccccc2C1. The van der Waals surface area contributed by atoms with Crippen molar-refractivity contribution in [2.45, 2.75) is 37.9 Å². The summed E-state index contributed by atoms with van der Waals surface area (Å²) < 4.78 is 5.74. The van der Waals surface area contributed by atoms with Crippen molar-refractivity contribution >= 4 is 6.03 Å². The summed E-state index contributed by atoms with van der Waals surface area (Å²) >= 11 is 0. The van der Waals surface area contributed by atoms with Gasteiger partial charge < -0.3 is 15.4 Å². The van der Waals surface area contributed by atoms with Crippen molar-refractivity contribution in [3.8, 4) is 5.75 Å². The van der Waals surface area contributed by atoms with E-state index >= 15 is 0 Å². The summed E-state index contributed by atoms with van der Waals surface area (Å²) in [7, 11) is 0. The van der Waals surface area contributed by atoms with E-state index in [1.165, 1.54) is 5.56 Å². The van der Waals surface area contributed by atoms with Gasteiger partial charge in [-0.05, 0) is 48.6 Å². The van der Waals surface area contributed by atoms with Gasteiger partial charge in [0.25, 0.3) is 0 Å². The van der Waals surface area contributed by atoms with Gasteiger partial charge in [0.05, 0.1) is 6.04 Å². The van der Waals surface area contributed by atoms with Crippen molar-refractivity contribution in [2.24, 2.45) is 0 Å². The lowest BCUT2D eigenvalue weighted by molar-refractivity contribution is 0.181. The number of ether oxygens (including phenoxy) is 1. The van der Waals surface area contributed by atoms with Gasteiger partial charge in [-0.1, -0.05) is 18.2 Å². The summed E-state index contributed by atoms with van der Waals surface area (Å²) in [5.74, 6) is 0.928. The first-order valence-electron chi connectivity index (χ1n) is 9.65. The van der Waals surface area contributed by atoms with Crippen molar-refractivity contribution in [2.75, 3.05) is 19.7 Å². The van der Waals surface area contributed by atoms with Gasteiger partial charge in [-0.3, -0.25) is 9.88 Å². The van der Waals surface area contributed by atoms with Gasteiger partial charge >= 0.3 is 6.03 Å². The van der Waals surface area contributed by atoms with E-state index in [4.69, 9.17) is 4.74 Å². The van der Waals surface area contributed by atoms with Crippen LogP contribution < -0.4 is 15.4 Å². The standard InChI is InChI=1S/C21H26N4O2/c26-21(24-19-13-17-3-1-2-4-20(17)27-15-19)23-18-7-11-25(12-8-18)14-16-5-9-22-10-6-16/h1-6,9-10,18-19H,7-8,11-15H2,(H2,23,24,26). The molecular formula is C21H26N4O2. The van der Waals surface area contributed by atoms with E-state index < -0.39 is 0 Å². The number of nitrogens with zero attached hydrogens (tertiary/aromatic N) is 2. The Morgan fingerprint density at radius 2 is 1.81 bits per heavy atom. The maximum atomic E-state index is 12.4. The highest BCUT2D eigenvalue weighted by molar-refractivity contribution is 5.74. The van der Waals surface area contributed by atoms with Crippen molar-refractivity contribution in [1.82, 2.24) is 20.5 Å². The van der Waals surface area contributed by atoms with Crippen LogP contribution in [0.25, 0.3) is 0 Å². The first-order valence-corrected chi connectivity index (χ1v) is 9.65. The van der Waals surface area contributed by atoms with Gasteiger partial charge in [0.2, 0.25) is 0 Å². The maximum absolute atomic E-state index is 12.4. The molecule has 4 rings (SSSR count). The fourth-order valence-corrected chi connectivity index (χ4v) is 3.81. The molecule has 1 atom stereocenters. The van der Waals surface area contributed by atoms with Gasteiger partial charge in [0.1, 0.15) is 12.4 Å². The molecule has 1 saturated heterocycles. The molecule has 0 saturated carbocycles. The third-order valence-corrected chi connectivity index (χ3v) is 5.29. The number of carbonyl (C=O) groups is 1. The Hall–Kier alpha value is -2.60. The first kappa shape index (κ1) is 17.8. The number of nitrogens with one attached hydrogen (secondary N) is 2. The quantitative estimate of drug-likeness (QED) is 0.872. The van der Waals surface area contributed by atoms with Crippen LogP contribution in [0.1, 0.15) is 24.0 Å². The number of likely N-dealkylation sites (tertiary alicyclic amines) is 1. The Bertz CT molecular complexity index is 760. The number of urea groups is 1. The number of rotatable bonds is 4. The van der Waals surface area contributed by atoms with E-state index in [2.05, 4.69) is 38.7 Å². The molecule has 3 heterocycles. The Morgan fingerprint density at radius 1 is 1.07 bits per heavy atom. The molecule has 1 aromatic carbocycles. The van der Waals surface area contributed by atoms with Gasteiger partial charge in [0.15, 0.2) is 0 Å². The van der Waals surface area contributed by atoms with Crippen molar-refractivity contribution < 1.29 is 9.53 Å². The first-order chi connectivity index (χ1) is 13.3. The summed E-state index contributed by atoms with van der Waals surface area (Å²) in [6.45, 7) is 3.45. The summed E-state index contributed by atoms with van der Waals surface area (Å²) in [5, 5.41) is 6.19. The number of fused-ring (bicyclic) bond motifs is 1. The fourth-order valence-electron chi connectivity index (χ4n) is 3.81. The molecular weight excluding hydrogens is 340 g/mol. The second kappa shape index (κ2) is 8.39. The average molecular weight is 366 g/mol. The minimum Gasteiger partial charge on any atom is -0.491 e. The second-order valence-electron chi connectivity index (χ2n) is 7.34. The predicted octanol–water partition coefficient (Wildman–Crippen LogP) is 2.35. The highest BCUT2D eigenvalue weighted by Gasteiger charge is 2.24. The number of pyridine rings is 1. The van der Waals surface area contributed by atoms with E-state index in [-0.39, 0.29) is 18.1 Å². The molecule has 6 heteroatoms. The summed E-state index contributed by atoms with van der Waals surface area (Å²) in [4.78, 5) is 18.9. The van der Waals surface area contributed by atoms with Crippen LogP contribution in [0.15, 0.2) is 48.8 Å². The number of amides is 2. The fraction of sp³-hybridized carbons (Fsp3) is 0.429. The van der Waals surface area contributed by atoms with Gasteiger partial charge in [0, 0.05) is 38.1 Å². The predicted molar refractivity (Wildman–Crippen MR) is 104 cm³/mol. The van der Waals surface area contributed by atoms with Gasteiger partial charge in [-0.2, -0.15) is 0 Å². The summed E-state index contributed by atoms with van der Waals surface area (Å²) in [5.41, 5.74) is 2.44. The molecule has 0 bridgehead atoms. The van der Waals surface area contributed by atoms with E-state index in [0.29, 0.717) is 6.61 Å². The van der Waals surface area contributed by atoms with E-state index in [1.807, 2.05) is 30.6 Å². The molecule has 142 valence electrons. The van der Waals surface area contributed by atoms with Crippen LogP contribution >= 0.6 is 0 Å². The van der Waals surface area contributed by atoms with Gasteiger partial charge in [-0.25, -0.2) is 4.79 Å². The number of hydrogen-bond donors (Lipinski definition) is 2. The number of benzene rings is 1. The highest BCUT2D eigenvalue weighted by atomic mass is 16.5. The largest absolute Gasteiger partial charge is 0.491 e. The molecule has 0 spiro atoms. The van der Waals surface area contributed by atoms with Crippen LogP contribution in [0.4, 0.5) is 4.79 Å². The Kier molecular flexibility index (Phi) is 5.53. The molecule has 1 aromatic heterocycles. The lowest BCUT2D eigenvalue weighted by Gasteiger charge is -2.33. The van der Waals surface area contributed by atoms with Crippen LogP contribution in [0, 0.1) is 0 Å². The Balaban J connectivity index is 1.20. The Labute approximate surface area is 159 Å². The molecule has 6 nitrogen and oxygen atoms in total. The van der Waals surface area contributed by atoms with Crippen LogP contribution in [0.5, 0.6) is 5.75 Å². The van der Waals surface area contributed by atoms with Crippen LogP contribution in [0.3, 0.4) is 0 Å². The van der Waals surface area contributed by atoms with Gasteiger partial charge in [-0.15, -0.1) is 0 Å². The second-order valence-corrected chi connectivity index (χ2v) is 7.34. The third-order valence-electron chi connectivity index (χ3n) is 5.29. The molecule has 2 aliphatic rings. The van der Waals surface area contributed by atoms with Crippen molar-refractivity contribution in [3.05, 3.63) is 59.9 Å². The number of carbonyl (C=O) groups excluding carboxylic acids is 1. The molecule has 0 aliphatic carbocycles. The molecule has 27 heavy (non-hydrogen) atoms. The van der Waals surface area contributed by atoms with Crippen LogP contribution in [-0.4, -0.2) is 47.7 Å². The van der Waals surface area contributed by atoms with Crippen LogP contribution in [-0.2, 0) is 13.0 Å². The normalized spacial score (nSPS) is 20.4. The van der Waals surface area contributed by atoms with E-state index in [1.54, 1.807) is 0 Å². The summed E-state index contributed by atoms with van der Waals surface area (Å²) in [6.07, 6.45) is 6.43. The molecule has 2 amide bonds. The molecule has 0 radical (unpaired) electrons. The minimum absolute atomic E-state index is 0.0201. The van der Waals surface area contributed by atoms with E-state index in [0.717, 1.165) is 50.2 Å². The zero-order valence-electron chi connectivity index (χ0n) is 15.4. The van der Waals surface area contributed by atoms with Crippen LogP contribution in [0.2, 0.25) is 0 Å². The zero-order chi connectivity index (χ0) is 18.5. The van der Waals surface area contributed by atoms with Crippen molar-refractivity contribution in [1.29, 1.82) is 0 Å².